The number of aryl methyl sites for hydroxylation is 1. The van der Waals surface area contributed by atoms with Gasteiger partial charge in [-0.05, 0) is 43.0 Å². The molecule has 26 heavy (non-hydrogen) atoms. The number of hydrogen-bond donors (Lipinski definition) is 0. The number of carbonyl (C=O) groups excluding carboxylic acids is 1. The number of hydrogen-bond acceptors (Lipinski definition) is 5. The summed E-state index contributed by atoms with van der Waals surface area (Å²) in [5.74, 6) is 0.499. The van der Waals surface area contributed by atoms with E-state index in [4.69, 9.17) is 8.92 Å². The average molecular weight is 370 g/mol. The summed E-state index contributed by atoms with van der Waals surface area (Å²) in [6.07, 6.45) is 0.0229. The molecular weight excluding hydrogens is 352 g/mol. The van der Waals surface area contributed by atoms with Crippen LogP contribution in [0.15, 0.2) is 65.6 Å². The molecule has 3 rings (SSSR count). The SMILES string of the molecule is Cc1cc(OC(C)C=O)cc(OS(=O)(=O)c2cccc3ccccc23)c1. The van der Waals surface area contributed by atoms with E-state index in [1.807, 2.05) is 18.2 Å². The van der Waals surface area contributed by atoms with Gasteiger partial charge in [0.05, 0.1) is 0 Å². The lowest BCUT2D eigenvalue weighted by Gasteiger charge is -2.13. The lowest BCUT2D eigenvalue weighted by atomic mass is 10.1. The second-order valence-corrected chi connectivity index (χ2v) is 7.47. The number of aldehydes is 1. The predicted molar refractivity (Wildman–Crippen MR) is 99.1 cm³/mol. The van der Waals surface area contributed by atoms with Gasteiger partial charge >= 0.3 is 10.1 Å². The minimum absolute atomic E-state index is 0.0980. The molecule has 1 unspecified atom stereocenters. The van der Waals surface area contributed by atoms with Crippen LogP contribution in [0.1, 0.15) is 12.5 Å². The molecule has 0 aliphatic heterocycles. The van der Waals surface area contributed by atoms with E-state index in [1.165, 1.54) is 12.1 Å². The third-order valence-corrected chi connectivity index (χ3v) is 5.07. The summed E-state index contributed by atoms with van der Waals surface area (Å²) in [7, 11) is -4.03. The van der Waals surface area contributed by atoms with Crippen LogP contribution in [0.4, 0.5) is 0 Å². The van der Waals surface area contributed by atoms with Crippen LogP contribution < -0.4 is 8.92 Å². The number of rotatable bonds is 6. The second-order valence-electron chi connectivity index (χ2n) is 5.96. The normalized spacial score (nSPS) is 12.5. The minimum atomic E-state index is -4.03. The summed E-state index contributed by atoms with van der Waals surface area (Å²) >= 11 is 0. The molecule has 0 saturated carbocycles. The van der Waals surface area contributed by atoms with Crippen molar-refractivity contribution in [1.82, 2.24) is 0 Å². The van der Waals surface area contributed by atoms with E-state index < -0.39 is 16.2 Å². The zero-order valence-electron chi connectivity index (χ0n) is 14.4. The van der Waals surface area contributed by atoms with Crippen LogP contribution in [0.5, 0.6) is 11.5 Å². The Morgan fingerprint density at radius 2 is 1.65 bits per heavy atom. The third-order valence-electron chi connectivity index (χ3n) is 3.76. The van der Waals surface area contributed by atoms with Crippen molar-refractivity contribution in [3.05, 3.63) is 66.2 Å². The molecule has 0 aliphatic carbocycles. The number of carbonyl (C=O) groups is 1. The maximum Gasteiger partial charge on any atom is 0.339 e. The van der Waals surface area contributed by atoms with Gasteiger partial charge in [0.25, 0.3) is 0 Å². The lowest BCUT2D eigenvalue weighted by Crippen LogP contribution is -2.13. The molecular formula is C20H18O5S. The molecule has 5 nitrogen and oxygen atoms in total. The van der Waals surface area contributed by atoms with Gasteiger partial charge in [-0.3, -0.25) is 4.79 Å². The van der Waals surface area contributed by atoms with E-state index in [0.29, 0.717) is 17.4 Å². The fourth-order valence-electron chi connectivity index (χ4n) is 2.66. The van der Waals surface area contributed by atoms with Gasteiger partial charge in [-0.15, -0.1) is 0 Å². The van der Waals surface area contributed by atoms with Crippen LogP contribution in [-0.2, 0) is 14.9 Å². The Hall–Kier alpha value is -2.86. The molecule has 3 aromatic carbocycles. The van der Waals surface area contributed by atoms with Gasteiger partial charge in [0.15, 0.2) is 12.4 Å². The monoisotopic (exact) mass is 370 g/mol. The van der Waals surface area contributed by atoms with E-state index in [1.54, 1.807) is 44.2 Å². The zero-order valence-corrected chi connectivity index (χ0v) is 15.2. The largest absolute Gasteiger partial charge is 0.483 e. The first-order valence-corrected chi connectivity index (χ1v) is 9.46. The first-order chi connectivity index (χ1) is 12.4. The molecule has 6 heteroatoms. The van der Waals surface area contributed by atoms with Gasteiger partial charge < -0.3 is 8.92 Å². The Kier molecular flexibility index (Phi) is 4.95. The van der Waals surface area contributed by atoms with Gasteiger partial charge in [-0.2, -0.15) is 8.42 Å². The molecule has 1 atom stereocenters. The van der Waals surface area contributed by atoms with Crippen molar-refractivity contribution in [3.8, 4) is 11.5 Å². The molecule has 0 aromatic heterocycles. The van der Waals surface area contributed by atoms with E-state index in [0.717, 1.165) is 10.9 Å². The maximum absolute atomic E-state index is 12.8. The Morgan fingerprint density at radius 3 is 2.42 bits per heavy atom. The van der Waals surface area contributed by atoms with Gasteiger partial charge in [0.1, 0.15) is 16.4 Å². The van der Waals surface area contributed by atoms with Crippen LogP contribution in [-0.4, -0.2) is 20.8 Å². The highest BCUT2D eigenvalue weighted by atomic mass is 32.2. The molecule has 0 heterocycles. The molecule has 0 aliphatic rings. The summed E-state index contributed by atoms with van der Waals surface area (Å²) in [5, 5.41) is 1.40. The fourth-order valence-corrected chi connectivity index (χ4v) is 3.80. The topological polar surface area (TPSA) is 69.7 Å². The highest BCUT2D eigenvalue weighted by Gasteiger charge is 2.20. The Bertz CT molecular complexity index is 1050. The Morgan fingerprint density at radius 1 is 0.962 bits per heavy atom. The summed E-state index contributed by atoms with van der Waals surface area (Å²) in [5.41, 5.74) is 0.753. The molecule has 0 spiro atoms. The summed E-state index contributed by atoms with van der Waals surface area (Å²) < 4.78 is 36.4. The molecule has 0 amide bonds. The van der Waals surface area contributed by atoms with Crippen molar-refractivity contribution in [2.45, 2.75) is 24.8 Å². The molecule has 0 bridgehead atoms. The minimum Gasteiger partial charge on any atom is -0.483 e. The molecule has 0 N–H and O–H groups in total. The summed E-state index contributed by atoms with van der Waals surface area (Å²) in [4.78, 5) is 10.9. The highest BCUT2D eigenvalue weighted by molar-refractivity contribution is 7.87. The van der Waals surface area contributed by atoms with Gasteiger partial charge in [-0.1, -0.05) is 36.4 Å². The van der Waals surface area contributed by atoms with Crippen LogP contribution in [0, 0.1) is 6.92 Å². The van der Waals surface area contributed by atoms with Crippen LogP contribution in [0.2, 0.25) is 0 Å². The lowest BCUT2D eigenvalue weighted by molar-refractivity contribution is -0.113. The smallest absolute Gasteiger partial charge is 0.339 e. The van der Waals surface area contributed by atoms with Crippen molar-refractivity contribution < 1.29 is 22.1 Å². The average Bonchev–Trinajstić information content (AvgIpc) is 2.60. The molecule has 3 aromatic rings. The predicted octanol–water partition coefficient (Wildman–Crippen LogP) is 3.88. The van der Waals surface area contributed by atoms with Gasteiger partial charge in [0, 0.05) is 11.5 Å². The van der Waals surface area contributed by atoms with Crippen molar-refractivity contribution in [3.63, 3.8) is 0 Å². The van der Waals surface area contributed by atoms with E-state index in [-0.39, 0.29) is 10.6 Å². The molecule has 0 fully saturated rings. The molecule has 0 radical (unpaired) electrons. The Labute approximate surface area is 152 Å². The zero-order chi connectivity index (χ0) is 18.7. The van der Waals surface area contributed by atoms with E-state index in [9.17, 15) is 13.2 Å². The number of fused-ring (bicyclic) bond motifs is 1. The van der Waals surface area contributed by atoms with Crippen molar-refractivity contribution >= 4 is 27.2 Å². The van der Waals surface area contributed by atoms with Gasteiger partial charge in [0.2, 0.25) is 0 Å². The highest BCUT2D eigenvalue weighted by Crippen LogP contribution is 2.29. The number of benzene rings is 3. The summed E-state index contributed by atoms with van der Waals surface area (Å²) in [6.45, 7) is 3.39. The fraction of sp³-hybridized carbons (Fsp3) is 0.150. The second kappa shape index (κ2) is 7.17. The third kappa shape index (κ3) is 3.86. The van der Waals surface area contributed by atoms with Crippen LogP contribution in [0.25, 0.3) is 10.8 Å². The van der Waals surface area contributed by atoms with Gasteiger partial charge in [-0.25, -0.2) is 0 Å². The molecule has 0 saturated heterocycles. The number of ether oxygens (including phenoxy) is 1. The van der Waals surface area contributed by atoms with Crippen molar-refractivity contribution in [2.75, 3.05) is 0 Å². The summed E-state index contributed by atoms with van der Waals surface area (Å²) in [6, 6.07) is 17.0. The first-order valence-electron chi connectivity index (χ1n) is 8.05. The van der Waals surface area contributed by atoms with E-state index in [2.05, 4.69) is 0 Å². The first kappa shape index (κ1) is 17.9. The van der Waals surface area contributed by atoms with Crippen LogP contribution in [0.3, 0.4) is 0 Å². The standard InChI is InChI=1S/C20H18O5S/c1-14-10-17(24-15(2)13-21)12-18(11-14)25-26(22,23)20-9-5-7-16-6-3-4-8-19(16)20/h3-13,15H,1-2H3. The van der Waals surface area contributed by atoms with E-state index >= 15 is 0 Å². The van der Waals surface area contributed by atoms with Crippen molar-refractivity contribution in [1.29, 1.82) is 0 Å². The maximum atomic E-state index is 12.8. The Balaban J connectivity index is 1.98. The van der Waals surface area contributed by atoms with Crippen LogP contribution >= 0.6 is 0 Å². The molecule has 134 valence electrons. The van der Waals surface area contributed by atoms with Crippen molar-refractivity contribution in [2.24, 2.45) is 0 Å². The quantitative estimate of drug-likeness (QED) is 0.486.